The Hall–Kier alpha value is -1.33. The van der Waals surface area contributed by atoms with Crippen LogP contribution in [0.15, 0.2) is 17.5 Å². The Kier molecular flexibility index (Phi) is 2.87. The molecule has 0 bridgehead atoms. The molecule has 0 amide bonds. The molecule has 1 aliphatic rings. The van der Waals surface area contributed by atoms with E-state index in [9.17, 15) is 9.90 Å². The summed E-state index contributed by atoms with van der Waals surface area (Å²) in [5.74, 6) is -0.139. The summed E-state index contributed by atoms with van der Waals surface area (Å²) in [6.45, 7) is 0. The standard InChI is InChI=1S/C12H11ClN2O2S/c13-10-7-3-1-4-8(12(16)17)15(7)11(14-10)9-5-2-6-18-9/h2,5-6,8H,1,3-4H2,(H,16,17). The van der Waals surface area contributed by atoms with Gasteiger partial charge >= 0.3 is 5.97 Å². The highest BCUT2D eigenvalue weighted by atomic mass is 35.5. The number of hydrogen-bond acceptors (Lipinski definition) is 3. The van der Waals surface area contributed by atoms with Gasteiger partial charge in [-0.15, -0.1) is 11.3 Å². The van der Waals surface area contributed by atoms with Crippen molar-refractivity contribution in [2.75, 3.05) is 0 Å². The minimum atomic E-state index is -0.817. The maximum absolute atomic E-state index is 11.4. The lowest BCUT2D eigenvalue weighted by Gasteiger charge is -2.23. The van der Waals surface area contributed by atoms with Crippen LogP contribution in [0.4, 0.5) is 0 Å². The zero-order valence-electron chi connectivity index (χ0n) is 9.47. The Labute approximate surface area is 113 Å². The third-order valence-electron chi connectivity index (χ3n) is 3.19. The van der Waals surface area contributed by atoms with Crippen molar-refractivity contribution in [1.29, 1.82) is 0 Å². The molecule has 3 rings (SSSR count). The van der Waals surface area contributed by atoms with E-state index in [1.54, 1.807) is 15.9 Å². The van der Waals surface area contributed by atoms with E-state index in [-0.39, 0.29) is 0 Å². The molecule has 1 unspecified atom stereocenters. The Balaban J connectivity index is 2.20. The van der Waals surface area contributed by atoms with E-state index in [0.717, 1.165) is 23.4 Å². The molecular weight excluding hydrogens is 272 g/mol. The zero-order valence-corrected chi connectivity index (χ0v) is 11.0. The van der Waals surface area contributed by atoms with E-state index in [0.29, 0.717) is 17.4 Å². The van der Waals surface area contributed by atoms with Gasteiger partial charge in [-0.05, 0) is 30.7 Å². The van der Waals surface area contributed by atoms with Crippen LogP contribution >= 0.6 is 22.9 Å². The second-order valence-corrected chi connectivity index (χ2v) is 5.57. The van der Waals surface area contributed by atoms with Crippen molar-refractivity contribution in [2.24, 2.45) is 0 Å². The molecule has 1 atom stereocenters. The van der Waals surface area contributed by atoms with Gasteiger partial charge in [0, 0.05) is 0 Å². The first kappa shape index (κ1) is 11.7. The quantitative estimate of drug-likeness (QED) is 0.920. The highest BCUT2D eigenvalue weighted by Gasteiger charge is 2.31. The van der Waals surface area contributed by atoms with Crippen LogP contribution in [0.1, 0.15) is 24.6 Å². The van der Waals surface area contributed by atoms with Crippen molar-refractivity contribution in [3.05, 3.63) is 28.4 Å². The Morgan fingerprint density at radius 1 is 1.61 bits per heavy atom. The molecule has 0 aromatic carbocycles. The molecule has 1 aliphatic heterocycles. The summed E-state index contributed by atoms with van der Waals surface area (Å²) in [5.41, 5.74) is 0.846. The zero-order chi connectivity index (χ0) is 12.7. The Morgan fingerprint density at radius 3 is 3.11 bits per heavy atom. The maximum Gasteiger partial charge on any atom is 0.326 e. The molecule has 0 saturated heterocycles. The number of fused-ring (bicyclic) bond motifs is 1. The lowest BCUT2D eigenvalue weighted by atomic mass is 10.0. The highest BCUT2D eigenvalue weighted by molar-refractivity contribution is 7.13. The van der Waals surface area contributed by atoms with E-state index < -0.39 is 12.0 Å². The number of nitrogens with zero attached hydrogens (tertiary/aromatic N) is 2. The van der Waals surface area contributed by atoms with Crippen molar-refractivity contribution in [1.82, 2.24) is 9.55 Å². The first-order valence-corrected chi connectivity index (χ1v) is 6.97. The van der Waals surface area contributed by atoms with Gasteiger partial charge in [0.15, 0.2) is 11.0 Å². The van der Waals surface area contributed by atoms with E-state index in [4.69, 9.17) is 11.6 Å². The normalized spacial score (nSPS) is 18.6. The maximum atomic E-state index is 11.4. The van der Waals surface area contributed by atoms with Gasteiger partial charge < -0.3 is 9.67 Å². The lowest BCUT2D eigenvalue weighted by molar-refractivity contribution is -0.141. The van der Waals surface area contributed by atoms with Crippen LogP contribution in [0.2, 0.25) is 5.15 Å². The van der Waals surface area contributed by atoms with Crippen molar-refractivity contribution in [3.8, 4) is 10.7 Å². The number of imidazole rings is 1. The van der Waals surface area contributed by atoms with Crippen molar-refractivity contribution in [3.63, 3.8) is 0 Å². The Bertz CT molecular complexity index is 591. The molecule has 4 nitrogen and oxygen atoms in total. The van der Waals surface area contributed by atoms with Crippen LogP contribution < -0.4 is 0 Å². The average Bonchev–Trinajstić information content (AvgIpc) is 2.97. The van der Waals surface area contributed by atoms with Crippen LogP contribution in [0, 0.1) is 0 Å². The van der Waals surface area contributed by atoms with Gasteiger partial charge in [-0.2, -0.15) is 0 Å². The summed E-state index contributed by atoms with van der Waals surface area (Å²) < 4.78 is 1.79. The second-order valence-electron chi connectivity index (χ2n) is 4.27. The van der Waals surface area contributed by atoms with E-state index >= 15 is 0 Å². The summed E-state index contributed by atoms with van der Waals surface area (Å²) in [4.78, 5) is 16.7. The number of carboxylic acid groups (broad SMARTS) is 1. The molecular formula is C12H11ClN2O2S. The van der Waals surface area contributed by atoms with E-state index in [2.05, 4.69) is 4.98 Å². The molecule has 2 aromatic heterocycles. The molecule has 1 N–H and O–H groups in total. The van der Waals surface area contributed by atoms with Crippen molar-refractivity contribution in [2.45, 2.75) is 25.3 Å². The molecule has 0 radical (unpaired) electrons. The molecule has 18 heavy (non-hydrogen) atoms. The monoisotopic (exact) mass is 282 g/mol. The van der Waals surface area contributed by atoms with Gasteiger partial charge in [0.1, 0.15) is 6.04 Å². The molecule has 0 aliphatic carbocycles. The summed E-state index contributed by atoms with van der Waals surface area (Å²) in [7, 11) is 0. The van der Waals surface area contributed by atoms with Crippen LogP contribution in [-0.4, -0.2) is 20.6 Å². The largest absolute Gasteiger partial charge is 0.480 e. The summed E-state index contributed by atoms with van der Waals surface area (Å²) in [6.07, 6.45) is 2.26. The Morgan fingerprint density at radius 2 is 2.44 bits per heavy atom. The van der Waals surface area contributed by atoms with Gasteiger partial charge in [-0.25, -0.2) is 9.78 Å². The fourth-order valence-corrected chi connectivity index (χ4v) is 3.38. The third-order valence-corrected chi connectivity index (χ3v) is 4.36. The summed E-state index contributed by atoms with van der Waals surface area (Å²) >= 11 is 7.67. The molecule has 0 spiro atoms. The topological polar surface area (TPSA) is 55.1 Å². The predicted molar refractivity (Wildman–Crippen MR) is 70.2 cm³/mol. The molecule has 0 saturated carbocycles. The van der Waals surface area contributed by atoms with Crippen molar-refractivity contribution < 1.29 is 9.90 Å². The molecule has 94 valence electrons. The van der Waals surface area contributed by atoms with Crippen LogP contribution in [0.5, 0.6) is 0 Å². The molecule has 6 heteroatoms. The second kappa shape index (κ2) is 4.40. The van der Waals surface area contributed by atoms with Crippen LogP contribution in [-0.2, 0) is 11.2 Å². The number of halogens is 1. The van der Waals surface area contributed by atoms with Crippen LogP contribution in [0.25, 0.3) is 10.7 Å². The predicted octanol–water partition coefficient (Wildman–Crippen LogP) is 3.23. The van der Waals surface area contributed by atoms with Gasteiger partial charge in [-0.3, -0.25) is 0 Å². The first-order valence-electron chi connectivity index (χ1n) is 5.71. The van der Waals surface area contributed by atoms with Gasteiger partial charge in [0.05, 0.1) is 10.6 Å². The lowest BCUT2D eigenvalue weighted by Crippen LogP contribution is -2.25. The first-order chi connectivity index (χ1) is 8.68. The average molecular weight is 283 g/mol. The molecule has 3 heterocycles. The van der Waals surface area contributed by atoms with Gasteiger partial charge in [-0.1, -0.05) is 17.7 Å². The minimum Gasteiger partial charge on any atom is -0.480 e. The number of hydrogen-bond donors (Lipinski definition) is 1. The van der Waals surface area contributed by atoms with Crippen LogP contribution in [0.3, 0.4) is 0 Å². The third kappa shape index (κ3) is 1.74. The number of thiophene rings is 1. The number of carboxylic acids is 1. The minimum absolute atomic E-state index is 0.435. The number of carbonyl (C=O) groups is 1. The van der Waals surface area contributed by atoms with Gasteiger partial charge in [0.2, 0.25) is 0 Å². The van der Waals surface area contributed by atoms with E-state index in [1.165, 1.54) is 0 Å². The number of aromatic nitrogens is 2. The smallest absolute Gasteiger partial charge is 0.326 e. The fourth-order valence-electron chi connectivity index (χ4n) is 2.40. The van der Waals surface area contributed by atoms with E-state index in [1.807, 2.05) is 17.5 Å². The van der Waals surface area contributed by atoms with Gasteiger partial charge in [0.25, 0.3) is 0 Å². The molecule has 2 aromatic rings. The fraction of sp³-hybridized carbons (Fsp3) is 0.333. The molecule has 0 fully saturated rings. The number of rotatable bonds is 2. The highest BCUT2D eigenvalue weighted by Crippen LogP contribution is 2.36. The van der Waals surface area contributed by atoms with Crippen molar-refractivity contribution >= 4 is 28.9 Å². The summed E-state index contributed by atoms with van der Waals surface area (Å²) in [6, 6.07) is 3.31. The number of aliphatic carboxylic acids is 1. The summed E-state index contributed by atoms with van der Waals surface area (Å²) in [5, 5.41) is 11.7. The SMILES string of the molecule is O=C(O)C1CCCc2c(Cl)nc(-c3cccs3)n21.